The summed E-state index contributed by atoms with van der Waals surface area (Å²) in [6.07, 6.45) is 0. The van der Waals surface area contributed by atoms with Crippen LogP contribution >= 0.6 is 0 Å². The van der Waals surface area contributed by atoms with Gasteiger partial charge in [-0.25, -0.2) is 0 Å². The Hall–Kier alpha value is -8.20. The van der Waals surface area contributed by atoms with Gasteiger partial charge >= 0.3 is 0 Å². The van der Waals surface area contributed by atoms with E-state index in [-0.39, 0.29) is 22.0 Å². The molecule has 3 aliphatic rings. The highest BCUT2D eigenvalue weighted by Gasteiger charge is 2.48. The van der Waals surface area contributed by atoms with E-state index in [0.717, 1.165) is 77.8 Å². The molecule has 2 heteroatoms. The Morgan fingerprint density at radius 2 is 0.944 bits per heavy atom. The summed E-state index contributed by atoms with van der Waals surface area (Å²) in [5.74, 6) is 0. The molecule has 1 aromatic heterocycles. The first-order chi connectivity index (χ1) is 37.0. The maximum atomic E-state index is 9.31. The normalized spacial score (nSPS) is 17.9. The summed E-state index contributed by atoms with van der Waals surface area (Å²) in [5.41, 5.74) is 19.0. The Kier molecular flexibility index (Phi) is 7.53. The van der Waals surface area contributed by atoms with Crippen molar-refractivity contribution in [2.75, 3.05) is 4.90 Å². The number of nitrogens with zero attached hydrogens (tertiary/aromatic N) is 1. The molecule has 340 valence electrons. The molecule has 3 aliphatic carbocycles. The number of aryl methyl sites for hydroxylation is 2. The Morgan fingerprint density at radius 1 is 0.394 bits per heavy atom. The molecule has 0 fully saturated rings. The zero-order chi connectivity index (χ0) is 53.0. The van der Waals surface area contributed by atoms with Crippen molar-refractivity contribution in [3.05, 3.63) is 268 Å². The number of hydrogen-bond donors (Lipinski definition) is 0. The van der Waals surface area contributed by atoms with E-state index in [1.165, 1.54) is 44.5 Å². The van der Waals surface area contributed by atoms with Gasteiger partial charge in [-0.3, -0.25) is 0 Å². The first kappa shape index (κ1) is 35.8. The smallest absolute Gasteiger partial charge is 0.143 e. The molecule has 14 rings (SSSR count). The number of rotatable bonds is 6. The van der Waals surface area contributed by atoms with Gasteiger partial charge in [0.25, 0.3) is 0 Å². The number of benzene rings is 10. The van der Waals surface area contributed by atoms with Gasteiger partial charge in [0.15, 0.2) is 0 Å². The van der Waals surface area contributed by atoms with Crippen molar-refractivity contribution in [2.24, 2.45) is 0 Å². The maximum absolute atomic E-state index is 9.31. The fourth-order valence-electron chi connectivity index (χ4n) is 13.0. The van der Waals surface area contributed by atoms with Gasteiger partial charge in [-0.1, -0.05) is 209 Å². The monoisotopic (exact) mass is 917 g/mol. The van der Waals surface area contributed by atoms with E-state index in [1.54, 1.807) is 6.07 Å². The van der Waals surface area contributed by atoms with E-state index in [9.17, 15) is 4.11 Å². The van der Waals surface area contributed by atoms with Gasteiger partial charge in [0.05, 0.1) is 11.1 Å². The fourth-order valence-corrected chi connectivity index (χ4v) is 13.0. The lowest BCUT2D eigenvalue weighted by molar-refractivity contribution is 0.660. The molecular weight excluding hydrogens is 859 g/mol. The standard InChI is InChI=1S/C69H53NO/c1-42-27-34-56-61(37-42)69(45-17-8-7-9-18-45,46-30-28-44(29-31-46)49-22-16-23-55-54-21-12-15-26-64(54)71-66(49)55)62-38-43(2)39-63(65(56)62)70(47-32-35-52-50-19-10-13-24-57(50)67(3,4)59(52)40-47)48-33-36-53-51-20-11-14-25-58(51)68(5,6)60(53)41-48/h7-41H,1-6H3/i1D3,2D3. The van der Waals surface area contributed by atoms with Crippen LogP contribution < -0.4 is 4.90 Å². The van der Waals surface area contributed by atoms with Gasteiger partial charge < -0.3 is 9.32 Å². The predicted octanol–water partition coefficient (Wildman–Crippen LogP) is 18.3. The molecule has 71 heavy (non-hydrogen) atoms. The lowest BCUT2D eigenvalue weighted by Crippen LogP contribution is -2.29. The number of hydrogen-bond acceptors (Lipinski definition) is 2. The van der Waals surface area contributed by atoms with Crippen molar-refractivity contribution in [3.63, 3.8) is 0 Å². The number of fused-ring (bicyclic) bond motifs is 12. The molecule has 1 unspecified atom stereocenters. The van der Waals surface area contributed by atoms with Crippen LogP contribution in [0.2, 0.25) is 0 Å². The van der Waals surface area contributed by atoms with Crippen LogP contribution in [-0.4, -0.2) is 0 Å². The van der Waals surface area contributed by atoms with E-state index in [1.807, 2.05) is 60.7 Å². The van der Waals surface area contributed by atoms with E-state index >= 15 is 0 Å². The van der Waals surface area contributed by atoms with Crippen molar-refractivity contribution in [1.29, 1.82) is 0 Å². The second-order valence-electron chi connectivity index (χ2n) is 20.8. The van der Waals surface area contributed by atoms with Crippen LogP contribution in [0.15, 0.2) is 217 Å². The van der Waals surface area contributed by atoms with Crippen LogP contribution in [0.3, 0.4) is 0 Å². The second-order valence-corrected chi connectivity index (χ2v) is 20.8. The van der Waals surface area contributed by atoms with Crippen molar-refractivity contribution >= 4 is 39.0 Å². The lowest BCUT2D eigenvalue weighted by atomic mass is 9.67. The van der Waals surface area contributed by atoms with Crippen LogP contribution in [0.4, 0.5) is 17.1 Å². The van der Waals surface area contributed by atoms with Gasteiger partial charge in [0.1, 0.15) is 11.2 Å². The van der Waals surface area contributed by atoms with Gasteiger partial charge in [-0.2, -0.15) is 0 Å². The van der Waals surface area contributed by atoms with Crippen molar-refractivity contribution in [3.8, 4) is 44.5 Å². The van der Waals surface area contributed by atoms with Gasteiger partial charge in [-0.15, -0.1) is 0 Å². The summed E-state index contributed by atoms with van der Waals surface area (Å²) >= 11 is 0. The van der Waals surface area contributed by atoms with Crippen LogP contribution in [0, 0.1) is 13.7 Å². The molecule has 1 atom stereocenters. The van der Waals surface area contributed by atoms with Crippen molar-refractivity contribution < 1.29 is 12.6 Å². The Balaban J connectivity index is 1.07. The van der Waals surface area contributed by atoms with Crippen LogP contribution in [-0.2, 0) is 16.2 Å². The van der Waals surface area contributed by atoms with Gasteiger partial charge in [0.2, 0.25) is 0 Å². The molecule has 10 aromatic carbocycles. The van der Waals surface area contributed by atoms with Gasteiger partial charge in [0, 0.05) is 52.3 Å². The quantitative estimate of drug-likeness (QED) is 0.165. The number of para-hydroxylation sites is 2. The van der Waals surface area contributed by atoms with Crippen LogP contribution in [0.25, 0.3) is 66.4 Å². The third-order valence-electron chi connectivity index (χ3n) is 16.3. The molecule has 0 radical (unpaired) electrons. The third kappa shape index (κ3) is 5.76. The van der Waals surface area contributed by atoms with E-state index in [0.29, 0.717) is 5.69 Å². The predicted molar refractivity (Wildman–Crippen MR) is 296 cm³/mol. The zero-order valence-electron chi connectivity index (χ0n) is 46.1. The Morgan fingerprint density at radius 3 is 1.62 bits per heavy atom. The second kappa shape index (κ2) is 14.9. The SMILES string of the molecule is [2H]C([2H])([2H])c1ccc2c(c1)C(c1ccccc1)(c1ccc(-c3cccc4c3oc3ccccc34)cc1)c1cc(C([2H])([2H])[2H])cc(N(c3ccc4c(c3)C(C)(C)c3ccccc3-4)c3ccc4c(c3)C(C)(C)c3ccccc3-4)c1-2. The summed E-state index contributed by atoms with van der Waals surface area (Å²) in [4.78, 5) is 2.27. The highest BCUT2D eigenvalue weighted by atomic mass is 16.3. The molecule has 0 saturated carbocycles. The molecule has 0 aliphatic heterocycles. The summed E-state index contributed by atoms with van der Waals surface area (Å²) in [6, 6.07) is 72.9. The lowest BCUT2D eigenvalue weighted by Gasteiger charge is -2.35. The van der Waals surface area contributed by atoms with E-state index in [2.05, 4.69) is 178 Å². The molecule has 0 N–H and O–H groups in total. The summed E-state index contributed by atoms with van der Waals surface area (Å²) < 4.78 is 61.0. The topological polar surface area (TPSA) is 16.4 Å². The van der Waals surface area contributed by atoms with Crippen molar-refractivity contribution in [2.45, 2.75) is 57.6 Å². The van der Waals surface area contributed by atoms with Crippen molar-refractivity contribution in [1.82, 2.24) is 0 Å². The highest BCUT2D eigenvalue weighted by Crippen LogP contribution is 2.61. The molecule has 0 bridgehead atoms. The largest absolute Gasteiger partial charge is 0.455 e. The zero-order valence-corrected chi connectivity index (χ0v) is 40.1. The molecular formula is C69H53NO. The summed E-state index contributed by atoms with van der Waals surface area (Å²) in [6.45, 7) is 4.14. The maximum Gasteiger partial charge on any atom is 0.143 e. The molecule has 11 aromatic rings. The highest BCUT2D eigenvalue weighted by molar-refractivity contribution is 6.09. The number of anilines is 3. The minimum atomic E-state index is -2.55. The summed E-state index contributed by atoms with van der Waals surface area (Å²) in [7, 11) is 0. The fraction of sp³-hybridized carbons (Fsp3) is 0.130. The minimum absolute atomic E-state index is 0.177. The Bertz CT molecular complexity index is 4150. The first-order valence-electron chi connectivity index (χ1n) is 27.7. The van der Waals surface area contributed by atoms with Gasteiger partial charge in [-0.05, 0) is 134 Å². The summed E-state index contributed by atoms with van der Waals surface area (Å²) in [5, 5.41) is 2.08. The molecule has 0 amide bonds. The minimum Gasteiger partial charge on any atom is -0.455 e. The average molecular weight is 918 g/mol. The van der Waals surface area contributed by atoms with Crippen LogP contribution in [0.5, 0.6) is 0 Å². The first-order valence-corrected chi connectivity index (χ1v) is 24.7. The average Bonchev–Trinajstić information content (AvgIpc) is 4.26. The molecule has 1 heterocycles. The molecule has 2 nitrogen and oxygen atoms in total. The number of furan rings is 1. The molecule has 0 spiro atoms. The van der Waals surface area contributed by atoms with E-state index < -0.39 is 19.1 Å². The van der Waals surface area contributed by atoms with E-state index in [4.69, 9.17) is 8.53 Å². The Labute approximate surface area is 425 Å². The molecule has 0 saturated heterocycles. The van der Waals surface area contributed by atoms with Crippen LogP contribution in [0.1, 0.15) is 91.6 Å². The third-order valence-corrected chi connectivity index (χ3v) is 16.3.